The number of halogens is 1. The average Bonchev–Trinajstić information content (AvgIpc) is 2.10. The normalized spacial score (nSPS) is 11.8. The maximum Gasteiger partial charge on any atom is 0.134 e. The Morgan fingerprint density at radius 1 is 1.21 bits per heavy atom. The van der Waals surface area contributed by atoms with Gasteiger partial charge in [-0.25, -0.2) is 0 Å². The average molecular weight is 261 g/mol. The Morgan fingerprint density at radius 2 is 1.86 bits per heavy atom. The third kappa shape index (κ3) is 9.97. The molecule has 0 amide bonds. The van der Waals surface area contributed by atoms with E-state index < -0.39 is 0 Å². The molecule has 0 spiro atoms. The number of allylic oxidation sites excluding steroid dienone is 2. The van der Waals surface area contributed by atoms with Crippen LogP contribution in [0.4, 0.5) is 0 Å². The molecule has 2 heteroatoms. The van der Waals surface area contributed by atoms with E-state index in [1.54, 1.807) is 6.92 Å². The molecule has 0 aromatic rings. The number of hydrogen-bond acceptors (Lipinski definition) is 1. The van der Waals surface area contributed by atoms with Crippen molar-refractivity contribution in [2.24, 2.45) is 0 Å². The van der Waals surface area contributed by atoms with Crippen molar-refractivity contribution in [2.75, 3.05) is 0 Å². The largest absolute Gasteiger partial charge is 0.300 e. The van der Waals surface area contributed by atoms with Crippen molar-refractivity contribution >= 4 is 21.7 Å². The molecule has 0 rings (SSSR count). The second kappa shape index (κ2) is 9.45. The summed E-state index contributed by atoms with van der Waals surface area (Å²) in [6.07, 6.45) is 10.3. The molecule has 0 aromatic carbocycles. The van der Waals surface area contributed by atoms with Crippen molar-refractivity contribution in [1.29, 1.82) is 0 Å². The predicted octanol–water partition coefficient (Wildman–Crippen LogP) is 4.60. The SMILES string of the molecule is CCCCCCC/C=C(\Br)CC(C)=O. The third-order valence-corrected chi connectivity index (χ3v) is 2.70. The fourth-order valence-corrected chi connectivity index (χ4v) is 1.94. The van der Waals surface area contributed by atoms with E-state index in [1.165, 1.54) is 32.1 Å². The molecule has 0 fully saturated rings. The maximum atomic E-state index is 10.8. The van der Waals surface area contributed by atoms with Crippen molar-refractivity contribution in [2.45, 2.75) is 58.8 Å². The standard InChI is InChI=1S/C12H21BrO/c1-3-4-5-6-7-8-9-12(13)10-11(2)14/h9H,3-8,10H2,1-2H3/b12-9-. The topological polar surface area (TPSA) is 17.1 Å². The summed E-state index contributed by atoms with van der Waals surface area (Å²) < 4.78 is 1.04. The van der Waals surface area contributed by atoms with Gasteiger partial charge in [0.25, 0.3) is 0 Å². The highest BCUT2D eigenvalue weighted by Crippen LogP contribution is 2.14. The summed E-state index contributed by atoms with van der Waals surface area (Å²) in [6, 6.07) is 0. The lowest BCUT2D eigenvalue weighted by Gasteiger charge is -1.98. The van der Waals surface area contributed by atoms with Gasteiger partial charge in [0.15, 0.2) is 0 Å². The summed E-state index contributed by atoms with van der Waals surface area (Å²) >= 11 is 3.40. The molecule has 0 atom stereocenters. The number of carbonyl (C=O) groups is 1. The molecule has 0 aliphatic carbocycles. The molecule has 0 aliphatic rings. The Bertz CT molecular complexity index is 185. The van der Waals surface area contributed by atoms with Gasteiger partial charge in [-0.3, -0.25) is 4.79 Å². The van der Waals surface area contributed by atoms with Gasteiger partial charge in [0.1, 0.15) is 5.78 Å². The summed E-state index contributed by atoms with van der Waals surface area (Å²) in [5.74, 6) is 0.221. The molecular formula is C12H21BrO. The molecule has 0 unspecified atom stereocenters. The number of rotatable bonds is 8. The molecule has 0 aromatic heterocycles. The zero-order valence-electron chi connectivity index (χ0n) is 9.31. The first-order valence-electron chi connectivity index (χ1n) is 5.50. The van der Waals surface area contributed by atoms with Gasteiger partial charge < -0.3 is 0 Å². The Morgan fingerprint density at radius 3 is 2.43 bits per heavy atom. The first kappa shape index (κ1) is 13.9. The molecule has 0 aliphatic heterocycles. The highest BCUT2D eigenvalue weighted by Gasteiger charge is 1.96. The molecule has 1 nitrogen and oxygen atoms in total. The highest BCUT2D eigenvalue weighted by atomic mass is 79.9. The molecule has 0 N–H and O–H groups in total. The number of Topliss-reactive ketones (excluding diaryl/α,β-unsaturated/α-hetero) is 1. The minimum atomic E-state index is 0.221. The smallest absolute Gasteiger partial charge is 0.134 e. The van der Waals surface area contributed by atoms with E-state index in [9.17, 15) is 4.79 Å². The van der Waals surface area contributed by atoms with E-state index in [-0.39, 0.29) is 5.78 Å². The zero-order chi connectivity index (χ0) is 10.8. The zero-order valence-corrected chi connectivity index (χ0v) is 10.9. The Labute approximate surface area is 96.1 Å². The van der Waals surface area contributed by atoms with Gasteiger partial charge in [-0.05, 0) is 24.2 Å². The summed E-state index contributed by atoms with van der Waals surface area (Å²) in [5, 5.41) is 0. The van der Waals surface area contributed by atoms with Gasteiger partial charge in [0.05, 0.1) is 0 Å². The second-order valence-electron chi connectivity index (χ2n) is 3.73. The first-order chi connectivity index (χ1) is 6.66. The quantitative estimate of drug-likeness (QED) is 0.583. The summed E-state index contributed by atoms with van der Waals surface area (Å²) in [5.41, 5.74) is 0. The molecule has 0 heterocycles. The van der Waals surface area contributed by atoms with E-state index in [4.69, 9.17) is 0 Å². The van der Waals surface area contributed by atoms with Crippen LogP contribution < -0.4 is 0 Å². The molecule has 0 bridgehead atoms. The number of carbonyl (C=O) groups excluding carboxylic acids is 1. The molecular weight excluding hydrogens is 240 g/mol. The Balaban J connectivity index is 3.36. The van der Waals surface area contributed by atoms with E-state index in [0.29, 0.717) is 6.42 Å². The van der Waals surface area contributed by atoms with Crippen LogP contribution in [-0.4, -0.2) is 5.78 Å². The van der Waals surface area contributed by atoms with Gasteiger partial charge in [0, 0.05) is 6.42 Å². The Kier molecular flexibility index (Phi) is 9.37. The molecule has 82 valence electrons. The fraction of sp³-hybridized carbons (Fsp3) is 0.750. The van der Waals surface area contributed by atoms with Crippen LogP contribution in [0, 0.1) is 0 Å². The van der Waals surface area contributed by atoms with Crippen LogP contribution in [-0.2, 0) is 4.79 Å². The summed E-state index contributed by atoms with van der Waals surface area (Å²) in [6.45, 7) is 3.85. The minimum Gasteiger partial charge on any atom is -0.300 e. The summed E-state index contributed by atoms with van der Waals surface area (Å²) in [7, 11) is 0. The number of unbranched alkanes of at least 4 members (excludes halogenated alkanes) is 5. The van der Waals surface area contributed by atoms with Crippen molar-refractivity contribution in [3.05, 3.63) is 10.6 Å². The second-order valence-corrected chi connectivity index (χ2v) is 4.75. The molecule has 0 saturated heterocycles. The molecule has 14 heavy (non-hydrogen) atoms. The number of hydrogen-bond donors (Lipinski definition) is 0. The number of ketones is 1. The predicted molar refractivity (Wildman–Crippen MR) is 65.7 cm³/mol. The van der Waals surface area contributed by atoms with Crippen molar-refractivity contribution in [3.63, 3.8) is 0 Å². The molecule has 0 saturated carbocycles. The van der Waals surface area contributed by atoms with Crippen molar-refractivity contribution in [3.8, 4) is 0 Å². The Hall–Kier alpha value is -0.110. The van der Waals surface area contributed by atoms with Crippen LogP contribution in [0.2, 0.25) is 0 Å². The van der Waals surface area contributed by atoms with Crippen LogP contribution >= 0.6 is 15.9 Å². The summed E-state index contributed by atoms with van der Waals surface area (Å²) in [4.78, 5) is 10.8. The monoisotopic (exact) mass is 260 g/mol. The van der Waals surface area contributed by atoms with E-state index in [0.717, 1.165) is 10.9 Å². The van der Waals surface area contributed by atoms with Crippen LogP contribution in [0.1, 0.15) is 58.8 Å². The van der Waals surface area contributed by atoms with Gasteiger partial charge in [-0.15, -0.1) is 0 Å². The van der Waals surface area contributed by atoms with E-state index >= 15 is 0 Å². The lowest BCUT2D eigenvalue weighted by molar-refractivity contribution is -0.116. The lowest BCUT2D eigenvalue weighted by Crippen LogP contribution is -1.88. The molecule has 0 radical (unpaired) electrons. The van der Waals surface area contributed by atoms with Crippen LogP contribution in [0.3, 0.4) is 0 Å². The van der Waals surface area contributed by atoms with Crippen LogP contribution in [0.15, 0.2) is 10.6 Å². The van der Waals surface area contributed by atoms with Gasteiger partial charge in [-0.1, -0.05) is 54.6 Å². The third-order valence-electron chi connectivity index (χ3n) is 2.09. The lowest BCUT2D eigenvalue weighted by atomic mass is 10.1. The fourth-order valence-electron chi connectivity index (χ4n) is 1.32. The van der Waals surface area contributed by atoms with Gasteiger partial charge >= 0.3 is 0 Å². The van der Waals surface area contributed by atoms with Gasteiger partial charge in [-0.2, -0.15) is 0 Å². The van der Waals surface area contributed by atoms with Crippen LogP contribution in [0.5, 0.6) is 0 Å². The highest BCUT2D eigenvalue weighted by molar-refractivity contribution is 9.11. The van der Waals surface area contributed by atoms with E-state index in [2.05, 4.69) is 28.9 Å². The van der Waals surface area contributed by atoms with E-state index in [1.807, 2.05) is 0 Å². The minimum absolute atomic E-state index is 0.221. The van der Waals surface area contributed by atoms with Crippen LogP contribution in [0.25, 0.3) is 0 Å². The van der Waals surface area contributed by atoms with Crippen molar-refractivity contribution < 1.29 is 4.79 Å². The maximum absolute atomic E-state index is 10.8. The van der Waals surface area contributed by atoms with Gasteiger partial charge in [0.2, 0.25) is 0 Å². The van der Waals surface area contributed by atoms with Crippen molar-refractivity contribution in [1.82, 2.24) is 0 Å². The first-order valence-corrected chi connectivity index (χ1v) is 6.30.